The van der Waals surface area contributed by atoms with Crippen molar-refractivity contribution in [3.63, 3.8) is 0 Å². The highest BCUT2D eigenvalue weighted by molar-refractivity contribution is 5.97. The lowest BCUT2D eigenvalue weighted by molar-refractivity contribution is -0.128. The highest BCUT2D eigenvalue weighted by Gasteiger charge is 2.22. The van der Waals surface area contributed by atoms with Crippen molar-refractivity contribution in [3.05, 3.63) is 115 Å². The van der Waals surface area contributed by atoms with Crippen molar-refractivity contribution in [2.75, 3.05) is 11.9 Å². The zero-order valence-electron chi connectivity index (χ0n) is 21.4. The van der Waals surface area contributed by atoms with Crippen molar-refractivity contribution in [2.24, 2.45) is 0 Å². The lowest BCUT2D eigenvalue weighted by atomic mass is 10.2. The van der Waals surface area contributed by atoms with Crippen LogP contribution in [0.4, 0.5) is 10.1 Å². The van der Waals surface area contributed by atoms with Gasteiger partial charge in [0.25, 0.3) is 0 Å². The van der Waals surface area contributed by atoms with Crippen LogP contribution in [0.3, 0.4) is 0 Å². The van der Waals surface area contributed by atoms with Gasteiger partial charge in [-0.3, -0.25) is 9.59 Å². The normalized spacial score (nSPS) is 11.6. The average Bonchev–Trinajstić information content (AvgIpc) is 3.38. The van der Waals surface area contributed by atoms with Gasteiger partial charge in [0.05, 0.1) is 18.7 Å². The standard InChI is InChI=1S/C30H26FN5O4/c31-22-10-14-24(15-11-22)40-25-16-12-23(13-17-25)32-30(38)27(20-39-19-21-6-2-1-3-7-21)33-29(37)18-36-28-9-5-4-8-26(28)34-35-36/h1-17,27H,18-20H2,(H,32,38)(H,33,37)/t27-/m0/s1. The number of hydrogen-bond donors (Lipinski definition) is 2. The van der Waals surface area contributed by atoms with E-state index in [1.54, 1.807) is 30.3 Å². The van der Waals surface area contributed by atoms with Crippen molar-refractivity contribution in [1.29, 1.82) is 0 Å². The van der Waals surface area contributed by atoms with E-state index in [1.165, 1.54) is 28.9 Å². The predicted molar refractivity (Wildman–Crippen MR) is 147 cm³/mol. The van der Waals surface area contributed by atoms with Gasteiger partial charge in [0.2, 0.25) is 11.8 Å². The highest BCUT2D eigenvalue weighted by Crippen LogP contribution is 2.23. The van der Waals surface area contributed by atoms with Crippen molar-refractivity contribution in [2.45, 2.75) is 19.2 Å². The summed E-state index contributed by atoms with van der Waals surface area (Å²) in [7, 11) is 0. The molecule has 5 rings (SSSR count). The fraction of sp³-hybridized carbons (Fsp3) is 0.133. The van der Waals surface area contributed by atoms with E-state index in [-0.39, 0.29) is 25.6 Å². The van der Waals surface area contributed by atoms with E-state index in [4.69, 9.17) is 9.47 Å². The van der Waals surface area contributed by atoms with Crippen LogP contribution >= 0.6 is 0 Å². The van der Waals surface area contributed by atoms with Crippen LogP contribution in [0, 0.1) is 5.82 Å². The third-order valence-corrected chi connectivity index (χ3v) is 5.93. The molecular weight excluding hydrogens is 513 g/mol. The number of anilines is 1. The fourth-order valence-electron chi connectivity index (χ4n) is 3.94. The molecule has 0 saturated carbocycles. The van der Waals surface area contributed by atoms with Gasteiger partial charge in [-0.25, -0.2) is 9.07 Å². The number of amides is 2. The Labute approximate surface area is 229 Å². The summed E-state index contributed by atoms with van der Waals surface area (Å²) in [5, 5.41) is 13.7. The number of benzene rings is 4. The second kappa shape index (κ2) is 12.6. The summed E-state index contributed by atoms with van der Waals surface area (Å²) >= 11 is 0. The Morgan fingerprint density at radius 1 is 0.850 bits per heavy atom. The second-order valence-corrected chi connectivity index (χ2v) is 8.93. The van der Waals surface area contributed by atoms with Gasteiger partial charge in [-0.15, -0.1) is 5.10 Å². The zero-order valence-corrected chi connectivity index (χ0v) is 21.4. The van der Waals surface area contributed by atoms with Crippen molar-refractivity contribution < 1.29 is 23.5 Å². The molecule has 0 spiro atoms. The number of rotatable bonds is 11. The molecule has 9 nitrogen and oxygen atoms in total. The number of hydrogen-bond acceptors (Lipinski definition) is 6. The SMILES string of the molecule is O=C(Cn1nnc2ccccc21)N[C@@H](COCc1ccccc1)C(=O)Nc1ccc(Oc2ccc(F)cc2)cc1. The van der Waals surface area contributed by atoms with Crippen molar-refractivity contribution in [3.8, 4) is 11.5 Å². The van der Waals surface area contributed by atoms with Gasteiger partial charge in [-0.1, -0.05) is 47.7 Å². The average molecular weight is 540 g/mol. The molecule has 202 valence electrons. The molecule has 2 amide bonds. The molecule has 0 bridgehead atoms. The number of carbonyl (C=O) groups excluding carboxylic acids is 2. The molecule has 0 unspecified atom stereocenters. The van der Waals surface area contributed by atoms with Crippen LogP contribution < -0.4 is 15.4 Å². The Morgan fingerprint density at radius 2 is 1.52 bits per heavy atom. The van der Waals surface area contributed by atoms with Crippen molar-refractivity contribution in [1.82, 2.24) is 20.3 Å². The Balaban J connectivity index is 1.23. The number of halogens is 1. The molecule has 0 fully saturated rings. The van der Waals surface area contributed by atoms with E-state index < -0.39 is 17.9 Å². The van der Waals surface area contributed by atoms with Crippen LogP contribution in [0.1, 0.15) is 5.56 Å². The van der Waals surface area contributed by atoms with Crippen LogP contribution in [0.15, 0.2) is 103 Å². The summed E-state index contributed by atoms with van der Waals surface area (Å²) in [5.74, 6) is -0.217. The van der Waals surface area contributed by atoms with Crippen LogP contribution in [0.2, 0.25) is 0 Å². The molecule has 1 aromatic heterocycles. The van der Waals surface area contributed by atoms with Crippen LogP contribution in [-0.4, -0.2) is 39.5 Å². The Morgan fingerprint density at radius 3 is 2.27 bits per heavy atom. The number of fused-ring (bicyclic) bond motifs is 1. The van der Waals surface area contributed by atoms with Crippen LogP contribution in [0.25, 0.3) is 11.0 Å². The summed E-state index contributed by atoms with van der Waals surface area (Å²) in [5.41, 5.74) is 2.82. The summed E-state index contributed by atoms with van der Waals surface area (Å²) < 4.78 is 26.1. The molecule has 0 aliphatic heterocycles. The minimum atomic E-state index is -0.971. The maximum absolute atomic E-state index is 13.2. The lowest BCUT2D eigenvalue weighted by Crippen LogP contribution is -2.47. The van der Waals surface area contributed by atoms with E-state index in [2.05, 4.69) is 20.9 Å². The first-order valence-electron chi connectivity index (χ1n) is 12.6. The summed E-state index contributed by atoms with van der Waals surface area (Å²) in [6, 6.07) is 28.2. The van der Waals surface area contributed by atoms with Gasteiger partial charge in [-0.05, 0) is 66.2 Å². The lowest BCUT2D eigenvalue weighted by Gasteiger charge is -2.19. The minimum Gasteiger partial charge on any atom is -0.457 e. The van der Waals surface area contributed by atoms with E-state index >= 15 is 0 Å². The second-order valence-electron chi connectivity index (χ2n) is 8.93. The molecule has 1 atom stereocenters. The quantitative estimate of drug-likeness (QED) is 0.252. The maximum Gasteiger partial charge on any atom is 0.249 e. The third kappa shape index (κ3) is 7.06. The Hall–Kier alpha value is -5.09. The number of nitrogens with one attached hydrogen (secondary N) is 2. The molecular formula is C30H26FN5O4. The molecule has 0 saturated heterocycles. The molecule has 1 heterocycles. The van der Waals surface area contributed by atoms with Gasteiger partial charge in [0.1, 0.15) is 35.4 Å². The number of ether oxygens (including phenoxy) is 2. The molecule has 40 heavy (non-hydrogen) atoms. The topological polar surface area (TPSA) is 107 Å². The van der Waals surface area contributed by atoms with Gasteiger partial charge in [0, 0.05) is 5.69 Å². The first-order valence-corrected chi connectivity index (χ1v) is 12.6. The largest absolute Gasteiger partial charge is 0.457 e. The maximum atomic E-state index is 13.2. The Bertz CT molecular complexity index is 1570. The minimum absolute atomic E-state index is 0.0453. The van der Waals surface area contributed by atoms with Gasteiger partial charge < -0.3 is 20.1 Å². The smallest absolute Gasteiger partial charge is 0.249 e. The molecule has 0 aliphatic rings. The van der Waals surface area contributed by atoms with Gasteiger partial charge >= 0.3 is 0 Å². The molecule has 4 aromatic carbocycles. The van der Waals surface area contributed by atoms with Gasteiger partial charge in [0.15, 0.2) is 0 Å². The molecule has 2 N–H and O–H groups in total. The summed E-state index contributed by atoms with van der Waals surface area (Å²) in [6.07, 6.45) is 0. The first kappa shape index (κ1) is 26.5. The number of aromatic nitrogens is 3. The van der Waals surface area contributed by atoms with E-state index in [9.17, 15) is 14.0 Å². The first-order chi connectivity index (χ1) is 19.5. The molecule has 5 aromatic rings. The van der Waals surface area contributed by atoms with Crippen molar-refractivity contribution >= 4 is 28.5 Å². The van der Waals surface area contributed by atoms with Gasteiger partial charge in [-0.2, -0.15) is 0 Å². The van der Waals surface area contributed by atoms with Crippen LogP contribution in [-0.2, 0) is 27.5 Å². The summed E-state index contributed by atoms with van der Waals surface area (Å²) in [4.78, 5) is 26.1. The zero-order chi connectivity index (χ0) is 27.7. The predicted octanol–water partition coefficient (Wildman–Crippen LogP) is 4.70. The van der Waals surface area contributed by atoms with E-state index in [1.807, 2.05) is 48.5 Å². The monoisotopic (exact) mass is 539 g/mol. The van der Waals surface area contributed by atoms with E-state index in [0.29, 0.717) is 28.2 Å². The number of para-hydroxylation sites is 1. The molecule has 0 radical (unpaired) electrons. The Kier molecular flexibility index (Phi) is 8.38. The molecule has 10 heteroatoms. The third-order valence-electron chi connectivity index (χ3n) is 5.93. The van der Waals surface area contributed by atoms with Crippen LogP contribution in [0.5, 0.6) is 11.5 Å². The van der Waals surface area contributed by atoms with E-state index in [0.717, 1.165) is 5.56 Å². The molecule has 0 aliphatic carbocycles. The number of carbonyl (C=O) groups is 2. The highest BCUT2D eigenvalue weighted by atomic mass is 19.1. The fourth-order valence-corrected chi connectivity index (χ4v) is 3.94. The number of nitrogens with zero attached hydrogens (tertiary/aromatic N) is 3. The summed E-state index contributed by atoms with van der Waals surface area (Å²) in [6.45, 7) is 0.123.